The third-order valence-corrected chi connectivity index (χ3v) is 5.41. The molecule has 0 radical (unpaired) electrons. The lowest BCUT2D eigenvalue weighted by Gasteiger charge is -2.13. The second-order valence-corrected chi connectivity index (χ2v) is 7.23. The third-order valence-electron chi connectivity index (χ3n) is 5.41. The Hall–Kier alpha value is -4.84. The highest BCUT2D eigenvalue weighted by Crippen LogP contribution is 2.38. The topological polar surface area (TPSA) is 140 Å². The zero-order valence-electron chi connectivity index (χ0n) is 16.8. The van der Waals surface area contributed by atoms with Gasteiger partial charge in [0, 0.05) is 18.1 Å². The summed E-state index contributed by atoms with van der Waals surface area (Å²) in [7, 11) is 1.61. The molecule has 0 unspecified atom stereocenters. The van der Waals surface area contributed by atoms with E-state index in [1.807, 2.05) is 12.1 Å². The molecular weight excluding hydrogens is 408 g/mol. The summed E-state index contributed by atoms with van der Waals surface area (Å²) in [6, 6.07) is 17.9. The van der Waals surface area contributed by atoms with E-state index in [1.165, 1.54) is 4.57 Å². The first-order chi connectivity index (χ1) is 15.5. The van der Waals surface area contributed by atoms with Crippen LogP contribution in [-0.2, 0) is 7.05 Å². The molecule has 0 aliphatic heterocycles. The normalized spacial score (nSPS) is 11.0. The predicted molar refractivity (Wildman–Crippen MR) is 121 cm³/mol. The van der Waals surface area contributed by atoms with E-state index in [9.17, 15) is 20.0 Å². The van der Waals surface area contributed by atoms with Crippen LogP contribution in [0.2, 0.25) is 0 Å². The lowest BCUT2D eigenvalue weighted by Crippen LogP contribution is -2.19. The highest BCUT2D eigenvalue weighted by atomic mass is 16.3. The highest BCUT2D eigenvalue weighted by molar-refractivity contribution is 6.05. The molecule has 9 nitrogen and oxygen atoms in total. The summed E-state index contributed by atoms with van der Waals surface area (Å²) in [6.45, 7) is 0. The second-order valence-electron chi connectivity index (χ2n) is 7.23. The van der Waals surface area contributed by atoms with E-state index in [4.69, 9.17) is 0 Å². The molecule has 0 aliphatic carbocycles. The SMILES string of the molecule is Cn1c(=O)c(-c2[nH]nc3[nH]c(=O)c(C#N)c(Nc4ccccc4)c23)c(O)c2ccccc21. The maximum absolute atomic E-state index is 13.2. The third kappa shape index (κ3) is 2.74. The summed E-state index contributed by atoms with van der Waals surface area (Å²) < 4.78 is 1.43. The van der Waals surface area contributed by atoms with Gasteiger partial charge in [0.05, 0.1) is 22.3 Å². The van der Waals surface area contributed by atoms with Crippen molar-refractivity contribution in [2.75, 3.05) is 5.32 Å². The number of aryl methyl sites for hydroxylation is 1. The van der Waals surface area contributed by atoms with Crippen molar-refractivity contribution in [3.8, 4) is 23.1 Å². The van der Waals surface area contributed by atoms with Crippen LogP contribution in [-0.4, -0.2) is 24.9 Å². The van der Waals surface area contributed by atoms with Crippen molar-refractivity contribution in [3.05, 3.63) is 80.9 Å². The number of hydrogen-bond donors (Lipinski definition) is 4. The molecule has 156 valence electrons. The van der Waals surface area contributed by atoms with Crippen LogP contribution in [0, 0.1) is 11.3 Å². The number of nitrogens with zero attached hydrogens (tertiary/aromatic N) is 3. The molecule has 5 rings (SSSR count). The van der Waals surface area contributed by atoms with Gasteiger partial charge < -0.3 is 20.0 Å². The van der Waals surface area contributed by atoms with Gasteiger partial charge in [-0.3, -0.25) is 14.7 Å². The summed E-state index contributed by atoms with van der Waals surface area (Å²) in [5.74, 6) is -0.218. The quantitative estimate of drug-likeness (QED) is 0.351. The lowest BCUT2D eigenvalue weighted by molar-refractivity contribution is 0.481. The number of nitrogens with one attached hydrogen (secondary N) is 3. The lowest BCUT2D eigenvalue weighted by atomic mass is 10.0. The smallest absolute Gasteiger partial charge is 0.269 e. The van der Waals surface area contributed by atoms with Crippen LogP contribution in [0.25, 0.3) is 33.2 Å². The Kier molecular flexibility index (Phi) is 4.27. The van der Waals surface area contributed by atoms with E-state index in [2.05, 4.69) is 20.5 Å². The zero-order chi connectivity index (χ0) is 22.4. The average molecular weight is 424 g/mol. The van der Waals surface area contributed by atoms with Crippen LogP contribution in [0.5, 0.6) is 5.75 Å². The van der Waals surface area contributed by atoms with Crippen LogP contribution in [0.4, 0.5) is 11.4 Å². The van der Waals surface area contributed by atoms with E-state index in [-0.39, 0.29) is 33.9 Å². The second kappa shape index (κ2) is 7.14. The Balaban J connectivity index is 1.90. The number of H-pyrrole nitrogens is 2. The number of fused-ring (bicyclic) bond motifs is 2. The Labute approximate surface area is 180 Å². The number of anilines is 2. The minimum atomic E-state index is -0.618. The molecule has 0 amide bonds. The van der Waals surface area contributed by atoms with E-state index >= 15 is 0 Å². The number of para-hydroxylation sites is 2. The Morgan fingerprint density at radius 1 is 1.09 bits per heavy atom. The Morgan fingerprint density at radius 3 is 2.56 bits per heavy atom. The summed E-state index contributed by atoms with van der Waals surface area (Å²) in [6.07, 6.45) is 0. The molecule has 0 saturated carbocycles. The van der Waals surface area contributed by atoms with Crippen LogP contribution in [0.1, 0.15) is 5.56 Å². The Bertz CT molecular complexity index is 1670. The van der Waals surface area contributed by atoms with Gasteiger partial charge in [0.2, 0.25) is 0 Å². The molecule has 3 heterocycles. The predicted octanol–water partition coefficient (Wildman–Crippen LogP) is 3.09. The molecule has 0 fully saturated rings. The molecule has 4 N–H and O–H groups in total. The fraction of sp³-hybridized carbons (Fsp3) is 0.0435. The monoisotopic (exact) mass is 424 g/mol. The fourth-order valence-electron chi connectivity index (χ4n) is 3.87. The summed E-state index contributed by atoms with van der Waals surface area (Å²) in [4.78, 5) is 28.3. The van der Waals surface area contributed by atoms with Crippen molar-refractivity contribution in [2.24, 2.45) is 7.05 Å². The minimum Gasteiger partial charge on any atom is -0.506 e. The summed E-state index contributed by atoms with van der Waals surface area (Å²) in [5.41, 5.74) is 0.481. The van der Waals surface area contributed by atoms with Gasteiger partial charge in [-0.25, -0.2) is 0 Å². The van der Waals surface area contributed by atoms with Crippen molar-refractivity contribution < 1.29 is 5.11 Å². The molecule has 5 aromatic rings. The first-order valence-electron chi connectivity index (χ1n) is 9.69. The van der Waals surface area contributed by atoms with E-state index in [0.29, 0.717) is 22.0 Å². The standard InChI is InChI=1S/C23H16N6O3/c1-29-15-10-6-5-9-13(15)20(30)17(23(29)32)19-16-18(25-12-7-3-2-4-8-12)14(11-24)22(31)26-21(16)28-27-19/h2-10,30H,1H3,(H3,25,26,27,28,31). The largest absolute Gasteiger partial charge is 0.506 e. The van der Waals surface area contributed by atoms with Crippen LogP contribution in [0.15, 0.2) is 64.2 Å². The van der Waals surface area contributed by atoms with Crippen molar-refractivity contribution >= 4 is 33.3 Å². The number of pyridine rings is 2. The average Bonchev–Trinajstić information content (AvgIpc) is 3.21. The van der Waals surface area contributed by atoms with Crippen molar-refractivity contribution in [1.82, 2.24) is 19.7 Å². The summed E-state index contributed by atoms with van der Waals surface area (Å²) in [5, 5.41) is 31.5. The molecule has 32 heavy (non-hydrogen) atoms. The van der Waals surface area contributed by atoms with E-state index in [0.717, 1.165) is 0 Å². The van der Waals surface area contributed by atoms with Crippen molar-refractivity contribution in [2.45, 2.75) is 0 Å². The number of aromatic nitrogens is 4. The van der Waals surface area contributed by atoms with Crippen LogP contribution < -0.4 is 16.4 Å². The zero-order valence-corrected chi connectivity index (χ0v) is 16.8. The number of hydrogen-bond acceptors (Lipinski definition) is 6. The number of rotatable bonds is 3. The molecule has 9 heteroatoms. The van der Waals surface area contributed by atoms with Crippen molar-refractivity contribution in [3.63, 3.8) is 0 Å². The molecule has 0 spiro atoms. The molecule has 3 aromatic heterocycles. The highest BCUT2D eigenvalue weighted by Gasteiger charge is 2.24. The van der Waals surface area contributed by atoms with Crippen molar-refractivity contribution in [1.29, 1.82) is 5.26 Å². The fourth-order valence-corrected chi connectivity index (χ4v) is 3.87. The molecule has 2 aromatic carbocycles. The molecule has 0 atom stereocenters. The number of aromatic hydroxyl groups is 1. The summed E-state index contributed by atoms with van der Waals surface area (Å²) >= 11 is 0. The number of nitriles is 1. The van der Waals surface area contributed by atoms with Gasteiger partial charge in [0.15, 0.2) is 5.65 Å². The van der Waals surface area contributed by atoms with Gasteiger partial charge in [-0.05, 0) is 24.3 Å². The minimum absolute atomic E-state index is 0.0132. The Morgan fingerprint density at radius 2 is 1.81 bits per heavy atom. The van der Waals surface area contributed by atoms with Gasteiger partial charge in [-0.2, -0.15) is 10.4 Å². The van der Waals surface area contributed by atoms with Crippen LogP contribution >= 0.6 is 0 Å². The van der Waals surface area contributed by atoms with E-state index in [1.54, 1.807) is 55.6 Å². The first-order valence-corrected chi connectivity index (χ1v) is 9.69. The molecule has 0 aliphatic rings. The van der Waals surface area contributed by atoms with Gasteiger partial charge in [-0.15, -0.1) is 0 Å². The van der Waals surface area contributed by atoms with Crippen LogP contribution in [0.3, 0.4) is 0 Å². The number of benzene rings is 2. The van der Waals surface area contributed by atoms with Gasteiger partial charge in [-0.1, -0.05) is 30.3 Å². The first kappa shape index (κ1) is 19.1. The molecule has 0 bridgehead atoms. The number of aromatic amines is 2. The van der Waals surface area contributed by atoms with Gasteiger partial charge >= 0.3 is 0 Å². The van der Waals surface area contributed by atoms with Gasteiger partial charge in [0.25, 0.3) is 11.1 Å². The van der Waals surface area contributed by atoms with E-state index < -0.39 is 11.1 Å². The molecular formula is C23H16N6O3. The molecule has 0 saturated heterocycles. The maximum Gasteiger partial charge on any atom is 0.269 e. The van der Waals surface area contributed by atoms with Gasteiger partial charge in [0.1, 0.15) is 22.9 Å². The maximum atomic E-state index is 13.2.